The van der Waals surface area contributed by atoms with Crippen LogP contribution in [-0.4, -0.2) is 75.8 Å². The second-order valence-corrected chi connectivity index (χ2v) is 18.2. The van der Waals surface area contributed by atoms with Gasteiger partial charge < -0.3 is 27.9 Å². The quantitative estimate of drug-likeness (QED) is 0.0112. The molecule has 350 valence electrons. The summed E-state index contributed by atoms with van der Waals surface area (Å²) in [6.45, 7) is 3.94. The molecule has 0 aliphatic carbocycles. The van der Waals surface area contributed by atoms with Crippen molar-refractivity contribution >= 4 is 25.5 Å². The first-order chi connectivity index (χ1) is 29.4. The predicted octanol–water partition coefficient (Wildman–Crippen LogP) is 12.3. The minimum absolute atomic E-state index is 0.0558. The second kappa shape index (κ2) is 41.1. The first-order valence-electron chi connectivity index (χ1n) is 23.6. The summed E-state index contributed by atoms with van der Waals surface area (Å²) in [6, 6.07) is 0. The number of carbonyl (C=O) groups excluding carboxylic acids is 3. The van der Waals surface area contributed by atoms with Crippen LogP contribution >= 0.6 is 7.82 Å². The second-order valence-electron chi connectivity index (χ2n) is 16.8. The van der Waals surface area contributed by atoms with Crippen LogP contribution in [0.1, 0.15) is 174 Å². The van der Waals surface area contributed by atoms with Crippen LogP contribution in [0.2, 0.25) is 0 Å². The third kappa shape index (κ3) is 45.0. The van der Waals surface area contributed by atoms with E-state index in [9.17, 15) is 23.8 Å². The van der Waals surface area contributed by atoms with Crippen LogP contribution in [-0.2, 0) is 37.5 Å². The number of quaternary nitrogens is 1. The minimum atomic E-state index is -4.66. The molecule has 0 aromatic carbocycles. The molecule has 0 amide bonds. The van der Waals surface area contributed by atoms with Crippen molar-refractivity contribution in [3.8, 4) is 0 Å². The van der Waals surface area contributed by atoms with Gasteiger partial charge in [-0.2, -0.15) is 0 Å². The molecule has 0 heterocycles. The minimum Gasteiger partial charge on any atom is -0.756 e. The number of hydrogen-bond acceptors (Lipinski definition) is 9. The Morgan fingerprint density at radius 1 is 0.557 bits per heavy atom. The summed E-state index contributed by atoms with van der Waals surface area (Å²) in [6.07, 6.45) is 47.7. The number of esters is 2. The molecule has 0 saturated carbocycles. The van der Waals surface area contributed by atoms with Crippen molar-refractivity contribution in [2.24, 2.45) is 0 Å². The normalized spacial score (nSPS) is 14.1. The highest BCUT2D eigenvalue weighted by Crippen LogP contribution is 2.38. The van der Waals surface area contributed by atoms with E-state index in [0.29, 0.717) is 36.7 Å². The first-order valence-corrected chi connectivity index (χ1v) is 25.1. The van der Waals surface area contributed by atoms with Crippen molar-refractivity contribution in [1.29, 1.82) is 0 Å². The maximum atomic E-state index is 12.7. The van der Waals surface area contributed by atoms with Gasteiger partial charge in [0.25, 0.3) is 7.82 Å². The smallest absolute Gasteiger partial charge is 0.306 e. The molecule has 0 rings (SSSR count). The standard InChI is InChI=1S/C50H86NO9P/c1-6-8-10-11-12-13-14-15-16-17-18-19-20-21-24-27-30-33-37-41-49(53)57-45-48(46-59-61(55,56)58-44-43-51(3,4)5)60-50(54)42-38-34-31-28-25-22-23-26-29-32-36-40-47(52)39-35-9-7-2/h12-13,15-16,22-23,28-29,31-32,36,40,48H,6-11,14,17-21,24-27,30,33-35,37-39,41-46H2,1-5H3/b13-12-,16-15-,23-22-,31-28-,32-29-,40-36+/t48-/m1/s1. The molecule has 0 bridgehead atoms. The molecule has 0 saturated heterocycles. The van der Waals surface area contributed by atoms with E-state index in [4.69, 9.17) is 18.5 Å². The Morgan fingerprint density at radius 2 is 1.05 bits per heavy atom. The van der Waals surface area contributed by atoms with E-state index < -0.39 is 32.5 Å². The molecule has 11 heteroatoms. The SMILES string of the molecule is CCCCC/C=C\C/C=C\CCCCCCCCCCCC(=O)OC[C@H](COP(=O)([O-])OCC[N+](C)(C)C)OC(=O)CCC/C=C\C/C=C\C/C=C\C=C\C(=O)CCCCC. The number of ether oxygens (including phenoxy) is 2. The van der Waals surface area contributed by atoms with Crippen molar-refractivity contribution in [1.82, 2.24) is 0 Å². The van der Waals surface area contributed by atoms with Crippen LogP contribution in [0.4, 0.5) is 0 Å². The summed E-state index contributed by atoms with van der Waals surface area (Å²) in [5.41, 5.74) is 0. The van der Waals surface area contributed by atoms with Crippen LogP contribution in [0.25, 0.3) is 0 Å². The molecule has 2 atom stereocenters. The molecular weight excluding hydrogens is 790 g/mol. The van der Waals surface area contributed by atoms with E-state index >= 15 is 0 Å². The molecule has 10 nitrogen and oxygen atoms in total. The first kappa shape index (κ1) is 58.1. The van der Waals surface area contributed by atoms with E-state index in [0.717, 1.165) is 64.2 Å². The zero-order chi connectivity index (χ0) is 45.1. The lowest BCUT2D eigenvalue weighted by molar-refractivity contribution is -0.870. The summed E-state index contributed by atoms with van der Waals surface area (Å²) < 4.78 is 33.8. The topological polar surface area (TPSA) is 128 Å². The zero-order valence-electron chi connectivity index (χ0n) is 39.1. The van der Waals surface area contributed by atoms with Gasteiger partial charge in [0.15, 0.2) is 11.9 Å². The Kier molecular flexibility index (Phi) is 39.2. The molecule has 1 unspecified atom stereocenters. The molecule has 0 radical (unpaired) electrons. The Labute approximate surface area is 372 Å². The molecular formula is C50H86NO9P. The Hall–Kier alpha value is -2.88. The van der Waals surface area contributed by atoms with Gasteiger partial charge in [-0.25, -0.2) is 0 Å². The molecule has 0 aliphatic rings. The highest BCUT2D eigenvalue weighted by molar-refractivity contribution is 7.45. The van der Waals surface area contributed by atoms with Gasteiger partial charge >= 0.3 is 11.9 Å². The van der Waals surface area contributed by atoms with Crippen molar-refractivity contribution in [3.63, 3.8) is 0 Å². The zero-order valence-corrected chi connectivity index (χ0v) is 40.0. The number of hydrogen-bond donors (Lipinski definition) is 0. The van der Waals surface area contributed by atoms with Gasteiger partial charge in [0.1, 0.15) is 19.8 Å². The average Bonchev–Trinajstić information content (AvgIpc) is 3.21. The van der Waals surface area contributed by atoms with Gasteiger partial charge in [-0.15, -0.1) is 0 Å². The summed E-state index contributed by atoms with van der Waals surface area (Å²) in [5, 5.41) is 0. The lowest BCUT2D eigenvalue weighted by atomic mass is 10.1. The van der Waals surface area contributed by atoms with Crippen LogP contribution < -0.4 is 4.89 Å². The molecule has 61 heavy (non-hydrogen) atoms. The number of likely N-dealkylation sites (N-methyl/N-ethyl adjacent to an activating group) is 1. The van der Waals surface area contributed by atoms with Crippen molar-refractivity contribution in [2.45, 2.75) is 180 Å². The van der Waals surface area contributed by atoms with Gasteiger partial charge in [0.05, 0.1) is 27.7 Å². The Bertz CT molecular complexity index is 1330. The van der Waals surface area contributed by atoms with E-state index in [-0.39, 0.29) is 31.8 Å². The number of unbranched alkanes of at least 4 members (excludes halogenated alkanes) is 15. The Morgan fingerprint density at radius 3 is 1.66 bits per heavy atom. The maximum Gasteiger partial charge on any atom is 0.306 e. The fourth-order valence-electron chi connectivity index (χ4n) is 5.93. The number of carbonyl (C=O) groups is 3. The van der Waals surface area contributed by atoms with Crippen molar-refractivity contribution in [2.75, 3.05) is 47.5 Å². The van der Waals surface area contributed by atoms with Crippen LogP contribution in [0.3, 0.4) is 0 Å². The van der Waals surface area contributed by atoms with Gasteiger partial charge in [0.2, 0.25) is 0 Å². The van der Waals surface area contributed by atoms with Gasteiger partial charge in [-0.05, 0) is 76.7 Å². The monoisotopic (exact) mass is 876 g/mol. The molecule has 0 spiro atoms. The molecule has 0 aromatic heterocycles. The van der Waals surface area contributed by atoms with Gasteiger partial charge in [-0.1, -0.05) is 151 Å². The molecule has 0 fully saturated rings. The molecule has 0 aliphatic heterocycles. The number of phosphoric ester groups is 1. The summed E-state index contributed by atoms with van der Waals surface area (Å²) in [7, 11) is 1.08. The lowest BCUT2D eigenvalue weighted by Gasteiger charge is -2.28. The summed E-state index contributed by atoms with van der Waals surface area (Å²) >= 11 is 0. The average molecular weight is 876 g/mol. The number of phosphoric acid groups is 1. The van der Waals surface area contributed by atoms with E-state index in [2.05, 4.69) is 50.3 Å². The maximum absolute atomic E-state index is 12.7. The fourth-order valence-corrected chi connectivity index (χ4v) is 6.65. The third-order valence-electron chi connectivity index (χ3n) is 9.68. The van der Waals surface area contributed by atoms with E-state index in [1.54, 1.807) is 12.2 Å². The number of ketones is 1. The van der Waals surface area contributed by atoms with E-state index in [1.165, 1.54) is 57.8 Å². The van der Waals surface area contributed by atoms with E-state index in [1.807, 2.05) is 45.4 Å². The molecule has 0 N–H and O–H groups in total. The largest absolute Gasteiger partial charge is 0.756 e. The number of allylic oxidation sites excluding steroid dienone is 12. The number of nitrogens with zero attached hydrogens (tertiary/aromatic N) is 1. The highest BCUT2D eigenvalue weighted by Gasteiger charge is 2.21. The third-order valence-corrected chi connectivity index (χ3v) is 10.6. The Balaban J connectivity index is 4.45. The van der Waals surface area contributed by atoms with Gasteiger partial charge in [-0.3, -0.25) is 18.9 Å². The van der Waals surface area contributed by atoms with Crippen LogP contribution in [0.15, 0.2) is 72.9 Å². The van der Waals surface area contributed by atoms with Crippen molar-refractivity contribution in [3.05, 3.63) is 72.9 Å². The lowest BCUT2D eigenvalue weighted by Crippen LogP contribution is -2.37. The van der Waals surface area contributed by atoms with Gasteiger partial charge in [0, 0.05) is 19.3 Å². The summed E-state index contributed by atoms with van der Waals surface area (Å²) in [5.74, 6) is -0.778. The molecule has 0 aromatic rings. The summed E-state index contributed by atoms with van der Waals surface area (Å²) in [4.78, 5) is 49.3. The number of rotatable bonds is 42. The van der Waals surface area contributed by atoms with Crippen LogP contribution in [0.5, 0.6) is 0 Å². The highest BCUT2D eigenvalue weighted by atomic mass is 31.2. The van der Waals surface area contributed by atoms with Crippen LogP contribution in [0, 0.1) is 0 Å². The fraction of sp³-hybridized carbons (Fsp3) is 0.700. The predicted molar refractivity (Wildman–Crippen MR) is 250 cm³/mol. The van der Waals surface area contributed by atoms with Crippen molar-refractivity contribution < 1.29 is 46.8 Å².